The van der Waals surface area contributed by atoms with Gasteiger partial charge in [-0.05, 0) is 42.8 Å². The third kappa shape index (κ3) is 2.70. The Hall–Kier alpha value is -2.58. The Morgan fingerprint density at radius 3 is 2.96 bits per heavy atom. The van der Waals surface area contributed by atoms with Crippen LogP contribution in [0.15, 0.2) is 41.8 Å². The second-order valence-corrected chi connectivity index (χ2v) is 6.99. The van der Waals surface area contributed by atoms with Crippen molar-refractivity contribution in [2.45, 2.75) is 25.7 Å². The van der Waals surface area contributed by atoms with Crippen molar-refractivity contribution in [3.8, 4) is 11.8 Å². The molecule has 4 nitrogen and oxygen atoms in total. The number of fused-ring (bicyclic) bond motifs is 1. The molecule has 24 heavy (non-hydrogen) atoms. The second-order valence-electron chi connectivity index (χ2n) is 5.95. The molecule has 0 saturated carbocycles. The molecular weight excluding hydrogens is 316 g/mol. The highest BCUT2D eigenvalue weighted by molar-refractivity contribution is 7.09. The molecular formula is C19H18N4S. The Bertz CT molecular complexity index is 887. The fourth-order valence-corrected chi connectivity index (χ4v) is 3.93. The van der Waals surface area contributed by atoms with E-state index >= 15 is 0 Å². The first-order chi connectivity index (χ1) is 11.9. The summed E-state index contributed by atoms with van der Waals surface area (Å²) in [6, 6.07) is 14.2. The average molecular weight is 334 g/mol. The summed E-state index contributed by atoms with van der Waals surface area (Å²) in [6.45, 7) is 0.950. The van der Waals surface area contributed by atoms with E-state index in [1.54, 1.807) is 11.3 Å². The molecule has 0 bridgehead atoms. The number of rotatable bonds is 3. The van der Waals surface area contributed by atoms with Gasteiger partial charge in [-0.15, -0.1) is 11.3 Å². The second kappa shape index (κ2) is 6.50. The maximum Gasteiger partial charge on any atom is 0.133 e. The molecule has 2 aromatic heterocycles. The van der Waals surface area contributed by atoms with E-state index in [1.165, 1.54) is 16.9 Å². The highest BCUT2D eigenvalue weighted by atomic mass is 32.1. The van der Waals surface area contributed by atoms with Gasteiger partial charge in [0.1, 0.15) is 11.9 Å². The van der Waals surface area contributed by atoms with Crippen LogP contribution in [-0.2, 0) is 12.8 Å². The van der Waals surface area contributed by atoms with Crippen molar-refractivity contribution in [2.75, 3.05) is 11.9 Å². The lowest BCUT2D eigenvalue weighted by Crippen LogP contribution is -2.08. The zero-order valence-corrected chi connectivity index (χ0v) is 14.1. The van der Waals surface area contributed by atoms with Crippen LogP contribution in [0.25, 0.3) is 5.69 Å². The largest absolute Gasteiger partial charge is 0.370 e. The van der Waals surface area contributed by atoms with Crippen LogP contribution in [0.3, 0.4) is 0 Å². The molecule has 0 aliphatic carbocycles. The van der Waals surface area contributed by atoms with Gasteiger partial charge in [-0.2, -0.15) is 10.4 Å². The number of aromatic nitrogens is 2. The predicted molar refractivity (Wildman–Crippen MR) is 96.8 cm³/mol. The van der Waals surface area contributed by atoms with Gasteiger partial charge in [-0.25, -0.2) is 4.68 Å². The van der Waals surface area contributed by atoms with Crippen LogP contribution >= 0.6 is 11.3 Å². The van der Waals surface area contributed by atoms with Crippen LogP contribution in [-0.4, -0.2) is 16.3 Å². The number of nitrogens with zero attached hydrogens (tertiary/aromatic N) is 3. The summed E-state index contributed by atoms with van der Waals surface area (Å²) in [4.78, 5) is 1.32. The van der Waals surface area contributed by atoms with Crippen molar-refractivity contribution in [2.24, 2.45) is 0 Å². The van der Waals surface area contributed by atoms with Gasteiger partial charge >= 0.3 is 0 Å². The number of nitriles is 1. The Kier molecular flexibility index (Phi) is 4.06. The first kappa shape index (κ1) is 15.0. The van der Waals surface area contributed by atoms with Crippen molar-refractivity contribution in [3.05, 3.63) is 63.5 Å². The first-order valence-electron chi connectivity index (χ1n) is 8.23. The highest BCUT2D eigenvalue weighted by Gasteiger charge is 2.22. The van der Waals surface area contributed by atoms with Crippen molar-refractivity contribution in [1.82, 2.24) is 9.78 Å². The Balaban J connectivity index is 1.85. The van der Waals surface area contributed by atoms with Gasteiger partial charge in [0.15, 0.2) is 0 Å². The monoisotopic (exact) mass is 334 g/mol. The first-order valence-corrected chi connectivity index (χ1v) is 9.11. The minimum absolute atomic E-state index is 0.650. The van der Waals surface area contributed by atoms with E-state index in [2.05, 4.69) is 28.9 Å². The maximum absolute atomic E-state index is 9.44. The normalized spacial score (nSPS) is 13.6. The number of benzene rings is 1. The predicted octanol–water partition coefficient (Wildman–Crippen LogP) is 4.14. The van der Waals surface area contributed by atoms with E-state index in [4.69, 9.17) is 5.10 Å². The maximum atomic E-state index is 9.44. The Labute approximate surface area is 145 Å². The van der Waals surface area contributed by atoms with E-state index in [0.29, 0.717) is 5.56 Å². The van der Waals surface area contributed by atoms with E-state index < -0.39 is 0 Å². The molecule has 3 heterocycles. The molecule has 0 radical (unpaired) electrons. The van der Waals surface area contributed by atoms with Crippen LogP contribution in [0.5, 0.6) is 0 Å². The van der Waals surface area contributed by atoms with Crippen molar-refractivity contribution in [1.29, 1.82) is 5.26 Å². The fourth-order valence-electron chi connectivity index (χ4n) is 3.22. The van der Waals surface area contributed by atoms with Gasteiger partial charge in [0, 0.05) is 23.4 Å². The standard InChI is InChI=1S/C19H18N4S/c20-13-14-6-1-2-9-18(14)23-19-16(8-3-4-10-21-19)17(22-23)12-15-7-5-11-24-15/h1-2,5-7,9,11,21H,3-4,8,10,12H2. The molecule has 3 aromatic rings. The third-order valence-electron chi connectivity index (χ3n) is 4.39. The molecule has 0 saturated heterocycles. The molecule has 0 fully saturated rings. The summed E-state index contributed by atoms with van der Waals surface area (Å²) in [6.07, 6.45) is 4.22. The topological polar surface area (TPSA) is 53.6 Å². The van der Waals surface area contributed by atoms with E-state index in [1.807, 2.05) is 28.9 Å². The molecule has 4 rings (SSSR count). The van der Waals surface area contributed by atoms with Crippen LogP contribution in [0.1, 0.15) is 34.5 Å². The summed E-state index contributed by atoms with van der Waals surface area (Å²) in [7, 11) is 0. The number of nitrogens with one attached hydrogen (secondary N) is 1. The van der Waals surface area contributed by atoms with Gasteiger partial charge in [0.05, 0.1) is 16.9 Å². The molecule has 0 spiro atoms. The van der Waals surface area contributed by atoms with Crippen LogP contribution in [0, 0.1) is 11.3 Å². The van der Waals surface area contributed by atoms with Gasteiger partial charge in [0.2, 0.25) is 0 Å². The van der Waals surface area contributed by atoms with Gasteiger partial charge in [0.25, 0.3) is 0 Å². The third-order valence-corrected chi connectivity index (χ3v) is 5.26. The average Bonchev–Trinajstić information content (AvgIpc) is 3.17. The zero-order chi connectivity index (χ0) is 16.4. The highest BCUT2D eigenvalue weighted by Crippen LogP contribution is 2.30. The molecule has 0 unspecified atom stereocenters. The number of hydrogen-bond acceptors (Lipinski definition) is 4. The molecule has 1 aliphatic rings. The minimum Gasteiger partial charge on any atom is -0.370 e. The van der Waals surface area contributed by atoms with Crippen molar-refractivity contribution in [3.63, 3.8) is 0 Å². The van der Waals surface area contributed by atoms with E-state index in [9.17, 15) is 5.26 Å². The van der Waals surface area contributed by atoms with Gasteiger partial charge in [-0.3, -0.25) is 0 Å². The number of anilines is 1. The lowest BCUT2D eigenvalue weighted by molar-refractivity contribution is 0.768. The SMILES string of the molecule is N#Cc1ccccc1-n1nc(Cc2cccs2)c2c1NCCCC2. The lowest BCUT2D eigenvalue weighted by Gasteiger charge is -2.10. The number of hydrogen-bond donors (Lipinski definition) is 1. The fraction of sp³-hybridized carbons (Fsp3) is 0.263. The van der Waals surface area contributed by atoms with E-state index in [-0.39, 0.29) is 0 Å². The Morgan fingerprint density at radius 1 is 1.21 bits per heavy atom. The van der Waals surface area contributed by atoms with E-state index in [0.717, 1.165) is 43.0 Å². The summed E-state index contributed by atoms with van der Waals surface area (Å²) in [5.41, 5.74) is 3.92. The number of thiophene rings is 1. The molecule has 0 atom stereocenters. The zero-order valence-electron chi connectivity index (χ0n) is 13.3. The summed E-state index contributed by atoms with van der Waals surface area (Å²) >= 11 is 1.76. The van der Waals surface area contributed by atoms with Crippen LogP contribution < -0.4 is 5.32 Å². The summed E-state index contributed by atoms with van der Waals surface area (Å²) in [5, 5.41) is 20.0. The quantitative estimate of drug-likeness (QED) is 0.783. The number of para-hydroxylation sites is 1. The van der Waals surface area contributed by atoms with Gasteiger partial charge < -0.3 is 5.32 Å². The van der Waals surface area contributed by atoms with Crippen LogP contribution in [0.2, 0.25) is 0 Å². The minimum atomic E-state index is 0.650. The van der Waals surface area contributed by atoms with Gasteiger partial charge in [-0.1, -0.05) is 18.2 Å². The lowest BCUT2D eigenvalue weighted by atomic mass is 10.1. The molecule has 1 aliphatic heterocycles. The molecule has 1 aromatic carbocycles. The smallest absolute Gasteiger partial charge is 0.133 e. The molecule has 5 heteroatoms. The van der Waals surface area contributed by atoms with Crippen LogP contribution in [0.4, 0.5) is 5.82 Å². The van der Waals surface area contributed by atoms with Crippen molar-refractivity contribution < 1.29 is 0 Å². The molecule has 120 valence electrons. The molecule has 0 amide bonds. The molecule has 1 N–H and O–H groups in total. The Morgan fingerprint density at radius 2 is 2.12 bits per heavy atom. The summed E-state index contributed by atoms with van der Waals surface area (Å²) in [5.74, 6) is 1.06. The summed E-state index contributed by atoms with van der Waals surface area (Å²) < 4.78 is 1.93. The van der Waals surface area contributed by atoms with Crippen molar-refractivity contribution >= 4 is 17.2 Å².